The first-order valence-corrected chi connectivity index (χ1v) is 8.82. The number of phenols is 1. The Hall–Kier alpha value is -1.97. The molecule has 0 saturated carbocycles. The molecule has 1 aromatic rings. The van der Waals surface area contributed by atoms with E-state index in [9.17, 15) is 9.90 Å². The topological polar surface area (TPSA) is 58.6 Å². The van der Waals surface area contributed by atoms with Crippen LogP contribution in [0.15, 0.2) is 30.4 Å². The summed E-state index contributed by atoms with van der Waals surface area (Å²) in [7, 11) is 1.51. The lowest BCUT2D eigenvalue weighted by Gasteiger charge is -2.08. The van der Waals surface area contributed by atoms with Crippen molar-refractivity contribution in [1.82, 2.24) is 5.32 Å². The van der Waals surface area contributed by atoms with E-state index in [1.165, 1.54) is 7.11 Å². The van der Waals surface area contributed by atoms with Gasteiger partial charge in [-0.25, -0.2) is 0 Å². The highest BCUT2D eigenvalue weighted by Crippen LogP contribution is 2.26. The maximum absolute atomic E-state index is 11.8. The molecule has 0 aliphatic carbocycles. The van der Waals surface area contributed by atoms with Gasteiger partial charge in [-0.1, -0.05) is 45.9 Å². The number of methoxy groups -OCH3 is 1. The molecule has 0 heterocycles. The second kappa shape index (κ2) is 13.5. The number of aromatic hydroxyl groups is 1. The first-order valence-electron chi connectivity index (χ1n) is 8.82. The minimum atomic E-state index is 0. The van der Waals surface area contributed by atoms with Gasteiger partial charge in [-0.05, 0) is 42.9 Å². The van der Waals surface area contributed by atoms with E-state index in [2.05, 4.69) is 31.3 Å². The van der Waals surface area contributed by atoms with Crippen LogP contribution in [0.4, 0.5) is 0 Å². The van der Waals surface area contributed by atoms with E-state index in [-0.39, 0.29) is 13.1 Å². The molecule has 0 unspecified atom stereocenters. The third kappa shape index (κ3) is 9.93. The molecule has 1 amide bonds. The molecular weight excluding hydrogens is 302 g/mol. The number of carbonyl (C=O) groups is 1. The van der Waals surface area contributed by atoms with Crippen molar-refractivity contribution in [2.75, 3.05) is 7.11 Å². The Balaban J connectivity index is 0. The van der Waals surface area contributed by atoms with Crippen LogP contribution in [0.25, 0.3) is 0 Å². The zero-order valence-electron chi connectivity index (χ0n) is 15.8. The maximum atomic E-state index is 11.8. The first-order chi connectivity index (χ1) is 11.5. The van der Waals surface area contributed by atoms with Gasteiger partial charge in [0.2, 0.25) is 5.91 Å². The van der Waals surface area contributed by atoms with Crippen LogP contribution in [0.3, 0.4) is 0 Å². The SMILES string of the molecule is CC.COc1cc(CNC(=O)CCCC/C=C\C(C)C)ccc1O.[HH]. The average molecular weight is 338 g/mol. The fourth-order valence-electron chi connectivity index (χ4n) is 2.04. The predicted octanol–water partition coefficient (Wildman–Crippen LogP) is 5.06. The van der Waals surface area contributed by atoms with Crippen LogP contribution in [0.2, 0.25) is 0 Å². The normalized spacial score (nSPS) is 10.4. The van der Waals surface area contributed by atoms with Crippen LogP contribution < -0.4 is 10.1 Å². The van der Waals surface area contributed by atoms with Gasteiger partial charge in [0, 0.05) is 14.4 Å². The summed E-state index contributed by atoms with van der Waals surface area (Å²) in [6.45, 7) is 8.76. The van der Waals surface area contributed by atoms with Gasteiger partial charge in [0.1, 0.15) is 0 Å². The fraction of sp³-hybridized carbons (Fsp3) is 0.550. The lowest BCUT2D eigenvalue weighted by molar-refractivity contribution is -0.121. The Labute approximate surface area is 148 Å². The molecule has 0 bridgehead atoms. The molecule has 1 rings (SSSR count). The summed E-state index contributed by atoms with van der Waals surface area (Å²) in [5.74, 6) is 1.17. The number of ether oxygens (including phenoxy) is 1. The molecule has 4 heteroatoms. The van der Waals surface area contributed by atoms with Gasteiger partial charge in [0.05, 0.1) is 7.11 Å². The summed E-state index contributed by atoms with van der Waals surface area (Å²) in [5, 5.41) is 12.4. The number of hydrogen-bond donors (Lipinski definition) is 2. The zero-order chi connectivity index (χ0) is 18.4. The molecule has 0 spiro atoms. The minimum absolute atomic E-state index is 0. The Bertz CT molecular complexity index is 502. The number of allylic oxidation sites excluding steroid dienone is 2. The molecule has 0 aliphatic rings. The monoisotopic (exact) mass is 337 g/mol. The first kappa shape index (κ1) is 22.0. The van der Waals surface area contributed by atoms with Crippen LogP contribution in [0.5, 0.6) is 11.5 Å². The van der Waals surface area contributed by atoms with Gasteiger partial charge in [-0.15, -0.1) is 0 Å². The van der Waals surface area contributed by atoms with Crippen molar-refractivity contribution in [2.24, 2.45) is 5.92 Å². The largest absolute Gasteiger partial charge is 0.504 e. The summed E-state index contributed by atoms with van der Waals surface area (Å²) in [5.41, 5.74) is 0.905. The molecular formula is C20H35NO3. The fourth-order valence-corrected chi connectivity index (χ4v) is 2.04. The highest BCUT2D eigenvalue weighted by Gasteiger charge is 2.04. The number of unbranched alkanes of at least 4 members (excludes halogenated alkanes) is 2. The van der Waals surface area contributed by atoms with Crippen LogP contribution in [-0.2, 0) is 11.3 Å². The van der Waals surface area contributed by atoms with Crippen LogP contribution in [-0.4, -0.2) is 18.1 Å². The quantitative estimate of drug-likeness (QED) is 0.489. The second-order valence-electron chi connectivity index (χ2n) is 5.70. The third-order valence-corrected chi connectivity index (χ3v) is 3.28. The van der Waals surface area contributed by atoms with Crippen molar-refractivity contribution < 1.29 is 16.1 Å². The van der Waals surface area contributed by atoms with Gasteiger partial charge in [0.15, 0.2) is 11.5 Å². The minimum Gasteiger partial charge on any atom is -0.504 e. The van der Waals surface area contributed by atoms with Crippen molar-refractivity contribution in [3.05, 3.63) is 35.9 Å². The number of carbonyl (C=O) groups excluding carboxylic acids is 1. The molecule has 0 aliphatic heterocycles. The third-order valence-electron chi connectivity index (χ3n) is 3.28. The summed E-state index contributed by atoms with van der Waals surface area (Å²) in [6.07, 6.45) is 7.88. The molecule has 0 radical (unpaired) electrons. The smallest absolute Gasteiger partial charge is 0.220 e. The average Bonchev–Trinajstić information content (AvgIpc) is 2.58. The van der Waals surface area contributed by atoms with E-state index >= 15 is 0 Å². The van der Waals surface area contributed by atoms with Crippen molar-refractivity contribution in [3.63, 3.8) is 0 Å². The predicted molar refractivity (Wildman–Crippen MR) is 102 cm³/mol. The van der Waals surface area contributed by atoms with Gasteiger partial charge >= 0.3 is 0 Å². The molecule has 0 aromatic heterocycles. The standard InChI is InChI=1S/C18H27NO3.C2H6.H2/c1-14(2)8-6-4-5-7-9-18(21)19-13-15-10-11-16(20)17(12-15)22-3;1-2;/h6,8,10-12,14,20H,4-5,7,9,13H2,1-3H3,(H,19,21);1-2H3;1H/b8-6-;;. The Morgan fingerprint density at radius 3 is 2.67 bits per heavy atom. The summed E-state index contributed by atoms with van der Waals surface area (Å²) >= 11 is 0. The van der Waals surface area contributed by atoms with Crippen molar-refractivity contribution in [3.8, 4) is 11.5 Å². The van der Waals surface area contributed by atoms with E-state index in [1.54, 1.807) is 18.2 Å². The number of nitrogens with one attached hydrogen (secondary N) is 1. The van der Waals surface area contributed by atoms with E-state index in [1.807, 2.05) is 13.8 Å². The highest BCUT2D eigenvalue weighted by molar-refractivity contribution is 5.75. The van der Waals surface area contributed by atoms with Crippen LogP contribution in [0, 0.1) is 5.92 Å². The van der Waals surface area contributed by atoms with E-state index in [4.69, 9.17) is 4.74 Å². The molecule has 1 aromatic carbocycles. The van der Waals surface area contributed by atoms with E-state index in [0.717, 1.165) is 24.8 Å². The van der Waals surface area contributed by atoms with Crippen molar-refractivity contribution in [1.29, 1.82) is 0 Å². The molecule has 0 saturated heterocycles. The Morgan fingerprint density at radius 1 is 1.33 bits per heavy atom. The number of amides is 1. The van der Waals surface area contributed by atoms with E-state index in [0.29, 0.717) is 24.6 Å². The number of hydrogen-bond acceptors (Lipinski definition) is 3. The Morgan fingerprint density at radius 2 is 2.04 bits per heavy atom. The summed E-state index contributed by atoms with van der Waals surface area (Å²) in [6, 6.07) is 5.07. The number of rotatable bonds is 9. The van der Waals surface area contributed by atoms with E-state index < -0.39 is 0 Å². The molecule has 138 valence electrons. The molecule has 2 N–H and O–H groups in total. The summed E-state index contributed by atoms with van der Waals surface area (Å²) < 4.78 is 5.04. The lowest BCUT2D eigenvalue weighted by Crippen LogP contribution is -2.22. The molecule has 0 atom stereocenters. The number of benzene rings is 1. The van der Waals surface area contributed by atoms with Gasteiger partial charge in [0.25, 0.3) is 0 Å². The van der Waals surface area contributed by atoms with Gasteiger partial charge < -0.3 is 15.2 Å². The maximum Gasteiger partial charge on any atom is 0.220 e. The summed E-state index contributed by atoms with van der Waals surface area (Å²) in [4.78, 5) is 11.8. The van der Waals surface area contributed by atoms with Crippen molar-refractivity contribution >= 4 is 5.91 Å². The molecule has 0 fully saturated rings. The van der Waals surface area contributed by atoms with Gasteiger partial charge in [-0.2, -0.15) is 0 Å². The highest BCUT2D eigenvalue weighted by atomic mass is 16.5. The molecule has 24 heavy (non-hydrogen) atoms. The number of phenolic OH excluding ortho intramolecular Hbond substituents is 1. The lowest BCUT2D eigenvalue weighted by atomic mass is 10.1. The van der Waals surface area contributed by atoms with Gasteiger partial charge in [-0.3, -0.25) is 4.79 Å². The van der Waals surface area contributed by atoms with Crippen LogP contribution in [0.1, 0.15) is 60.4 Å². The second-order valence-corrected chi connectivity index (χ2v) is 5.70. The van der Waals surface area contributed by atoms with Crippen LogP contribution >= 0.6 is 0 Å². The Kier molecular flexibility index (Phi) is 12.4. The zero-order valence-corrected chi connectivity index (χ0v) is 15.8. The van der Waals surface area contributed by atoms with Crippen molar-refractivity contribution in [2.45, 2.75) is 59.9 Å². The molecule has 4 nitrogen and oxygen atoms in total.